The summed E-state index contributed by atoms with van der Waals surface area (Å²) in [5, 5.41) is 11.4. The van der Waals surface area contributed by atoms with E-state index in [0.717, 1.165) is 25.1 Å². The van der Waals surface area contributed by atoms with E-state index in [1.807, 2.05) is 6.07 Å². The molecule has 1 N–H and O–H groups in total. The maximum absolute atomic E-state index is 12.5. The van der Waals surface area contributed by atoms with Gasteiger partial charge in [0.2, 0.25) is 5.95 Å². The molecule has 0 radical (unpaired) electrons. The predicted octanol–water partition coefficient (Wildman–Crippen LogP) is 1.25. The molecule has 2 rings (SSSR count). The van der Waals surface area contributed by atoms with Gasteiger partial charge in [0.1, 0.15) is 6.04 Å². The highest BCUT2D eigenvalue weighted by molar-refractivity contribution is 5.94. The van der Waals surface area contributed by atoms with Crippen LogP contribution in [0.4, 0.5) is 4.39 Å². The van der Waals surface area contributed by atoms with Crippen molar-refractivity contribution >= 4 is 5.91 Å². The van der Waals surface area contributed by atoms with E-state index in [1.54, 1.807) is 0 Å². The molecule has 1 atom stereocenters. The third kappa shape index (κ3) is 2.34. The molecule has 5 heteroatoms. The SMILES string of the molecule is N#CC(NC(=O)c1ccc(F)nc1)C1CC1. The summed E-state index contributed by atoms with van der Waals surface area (Å²) in [6.07, 6.45) is 3.10. The Kier molecular flexibility index (Phi) is 2.82. The Balaban J connectivity index is 2.02. The molecule has 1 aromatic heterocycles. The number of carbonyl (C=O) groups is 1. The number of hydrogen-bond acceptors (Lipinski definition) is 3. The van der Waals surface area contributed by atoms with Crippen molar-refractivity contribution in [3.63, 3.8) is 0 Å². The summed E-state index contributed by atoms with van der Waals surface area (Å²) in [4.78, 5) is 15.0. The van der Waals surface area contributed by atoms with Crippen LogP contribution in [0.2, 0.25) is 0 Å². The van der Waals surface area contributed by atoms with E-state index in [0.29, 0.717) is 0 Å². The summed E-state index contributed by atoms with van der Waals surface area (Å²) >= 11 is 0. The van der Waals surface area contributed by atoms with Gasteiger partial charge >= 0.3 is 0 Å². The lowest BCUT2D eigenvalue weighted by Crippen LogP contribution is -2.35. The molecule has 1 heterocycles. The normalized spacial score (nSPS) is 16.2. The number of pyridine rings is 1. The third-order valence-electron chi connectivity index (χ3n) is 2.51. The van der Waals surface area contributed by atoms with Gasteiger partial charge in [-0.25, -0.2) is 4.98 Å². The minimum atomic E-state index is -0.629. The first-order valence-corrected chi connectivity index (χ1v) is 5.03. The van der Waals surface area contributed by atoms with Gasteiger partial charge in [-0.1, -0.05) is 0 Å². The average molecular weight is 219 g/mol. The summed E-state index contributed by atoms with van der Waals surface area (Å²) in [5.74, 6) is -0.746. The number of halogens is 1. The van der Waals surface area contributed by atoms with Crippen molar-refractivity contribution in [2.45, 2.75) is 18.9 Å². The number of nitriles is 1. The van der Waals surface area contributed by atoms with Crippen molar-refractivity contribution in [2.75, 3.05) is 0 Å². The number of nitrogens with one attached hydrogen (secondary N) is 1. The van der Waals surface area contributed by atoms with Gasteiger partial charge in [0.25, 0.3) is 5.91 Å². The molecule has 1 unspecified atom stereocenters. The molecular formula is C11H10FN3O. The number of hydrogen-bond donors (Lipinski definition) is 1. The molecule has 0 spiro atoms. The summed E-state index contributed by atoms with van der Waals surface area (Å²) in [6, 6.07) is 4.07. The van der Waals surface area contributed by atoms with E-state index in [9.17, 15) is 9.18 Å². The minimum Gasteiger partial charge on any atom is -0.336 e. The Bertz CT molecular complexity index is 434. The van der Waals surface area contributed by atoms with Crippen molar-refractivity contribution in [1.29, 1.82) is 5.26 Å². The highest BCUT2D eigenvalue weighted by Gasteiger charge is 2.32. The topological polar surface area (TPSA) is 65.8 Å². The lowest BCUT2D eigenvalue weighted by molar-refractivity contribution is 0.0941. The van der Waals surface area contributed by atoms with Crippen LogP contribution < -0.4 is 5.32 Å². The zero-order chi connectivity index (χ0) is 11.5. The van der Waals surface area contributed by atoms with Gasteiger partial charge in [-0.2, -0.15) is 9.65 Å². The number of carbonyl (C=O) groups excluding carboxylic acids is 1. The van der Waals surface area contributed by atoms with Crippen LogP contribution in [0.3, 0.4) is 0 Å². The van der Waals surface area contributed by atoms with E-state index in [2.05, 4.69) is 10.3 Å². The fourth-order valence-electron chi connectivity index (χ4n) is 1.42. The van der Waals surface area contributed by atoms with Gasteiger partial charge in [0.15, 0.2) is 0 Å². The summed E-state index contributed by atoms with van der Waals surface area (Å²) in [6.45, 7) is 0. The van der Waals surface area contributed by atoms with Gasteiger partial charge < -0.3 is 5.32 Å². The maximum Gasteiger partial charge on any atom is 0.253 e. The zero-order valence-electron chi connectivity index (χ0n) is 8.48. The summed E-state index contributed by atoms with van der Waals surface area (Å²) < 4.78 is 12.5. The highest BCUT2D eigenvalue weighted by Crippen LogP contribution is 2.32. The highest BCUT2D eigenvalue weighted by atomic mass is 19.1. The van der Waals surface area contributed by atoms with E-state index in [-0.39, 0.29) is 17.4 Å². The molecule has 4 nitrogen and oxygen atoms in total. The molecule has 1 fully saturated rings. The van der Waals surface area contributed by atoms with E-state index in [4.69, 9.17) is 5.26 Å². The fourth-order valence-corrected chi connectivity index (χ4v) is 1.42. The average Bonchev–Trinajstić information content (AvgIpc) is 3.10. The Labute approximate surface area is 92.1 Å². The Hall–Kier alpha value is -1.96. The van der Waals surface area contributed by atoms with Crippen LogP contribution in [0.15, 0.2) is 18.3 Å². The number of aromatic nitrogens is 1. The first-order valence-electron chi connectivity index (χ1n) is 5.03. The minimum absolute atomic E-state index is 0.266. The molecule has 0 aliphatic heterocycles. The van der Waals surface area contributed by atoms with Crippen molar-refractivity contribution in [1.82, 2.24) is 10.3 Å². The summed E-state index contributed by atoms with van der Waals surface area (Å²) in [7, 11) is 0. The lowest BCUT2D eigenvalue weighted by Gasteiger charge is -2.09. The Morgan fingerprint density at radius 1 is 1.62 bits per heavy atom. The first kappa shape index (κ1) is 10.6. The molecule has 16 heavy (non-hydrogen) atoms. The van der Waals surface area contributed by atoms with Crippen LogP contribution in [-0.2, 0) is 0 Å². The quantitative estimate of drug-likeness (QED) is 0.778. The van der Waals surface area contributed by atoms with Crippen molar-refractivity contribution in [2.24, 2.45) is 5.92 Å². The molecule has 0 bridgehead atoms. The van der Waals surface area contributed by atoms with Crippen molar-refractivity contribution in [3.8, 4) is 6.07 Å². The predicted molar refractivity (Wildman–Crippen MR) is 53.8 cm³/mol. The van der Waals surface area contributed by atoms with Crippen LogP contribution in [0.5, 0.6) is 0 Å². The van der Waals surface area contributed by atoms with Crippen molar-refractivity contribution in [3.05, 3.63) is 29.8 Å². The molecule has 1 aromatic rings. The molecule has 1 amide bonds. The van der Waals surface area contributed by atoms with Crippen LogP contribution in [0.1, 0.15) is 23.2 Å². The second-order valence-electron chi connectivity index (χ2n) is 3.79. The standard InChI is InChI=1S/C11H10FN3O/c12-10-4-3-8(6-14-10)11(16)15-9(5-13)7-1-2-7/h3-4,6-7,9H,1-2H2,(H,15,16). The van der Waals surface area contributed by atoms with Gasteiger partial charge in [0.05, 0.1) is 11.6 Å². The van der Waals surface area contributed by atoms with Gasteiger partial charge in [0, 0.05) is 6.20 Å². The van der Waals surface area contributed by atoms with Gasteiger partial charge in [-0.05, 0) is 30.9 Å². The number of rotatable bonds is 3. The first-order chi connectivity index (χ1) is 7.70. The fraction of sp³-hybridized carbons (Fsp3) is 0.364. The van der Waals surface area contributed by atoms with Crippen LogP contribution in [0, 0.1) is 23.2 Å². The molecule has 0 aromatic carbocycles. The van der Waals surface area contributed by atoms with E-state index in [1.165, 1.54) is 6.07 Å². The largest absolute Gasteiger partial charge is 0.336 e. The second kappa shape index (κ2) is 4.27. The molecule has 0 saturated heterocycles. The molecule has 1 saturated carbocycles. The monoisotopic (exact) mass is 219 g/mol. The van der Waals surface area contributed by atoms with Crippen LogP contribution in [-0.4, -0.2) is 16.9 Å². The Morgan fingerprint density at radius 2 is 2.38 bits per heavy atom. The van der Waals surface area contributed by atoms with Gasteiger partial charge in [-0.15, -0.1) is 0 Å². The second-order valence-corrected chi connectivity index (χ2v) is 3.79. The van der Waals surface area contributed by atoms with Gasteiger partial charge in [-0.3, -0.25) is 4.79 Å². The van der Waals surface area contributed by atoms with E-state index < -0.39 is 12.0 Å². The van der Waals surface area contributed by atoms with Crippen LogP contribution in [0.25, 0.3) is 0 Å². The molecule has 1 aliphatic rings. The van der Waals surface area contributed by atoms with Crippen LogP contribution >= 0.6 is 0 Å². The van der Waals surface area contributed by atoms with Crippen molar-refractivity contribution < 1.29 is 9.18 Å². The maximum atomic E-state index is 12.5. The zero-order valence-corrected chi connectivity index (χ0v) is 8.48. The number of nitrogens with zero attached hydrogens (tertiary/aromatic N) is 2. The smallest absolute Gasteiger partial charge is 0.253 e. The third-order valence-corrected chi connectivity index (χ3v) is 2.51. The molecule has 82 valence electrons. The lowest BCUT2D eigenvalue weighted by atomic mass is 10.2. The molecule has 1 aliphatic carbocycles. The van der Waals surface area contributed by atoms with E-state index >= 15 is 0 Å². The number of amides is 1. The summed E-state index contributed by atoms with van der Waals surface area (Å²) in [5.41, 5.74) is 0.266. The molecular weight excluding hydrogens is 209 g/mol. The Morgan fingerprint density at radius 3 is 2.88 bits per heavy atom.